The van der Waals surface area contributed by atoms with Crippen molar-refractivity contribution in [2.45, 2.75) is 37.6 Å². The van der Waals surface area contributed by atoms with Crippen LogP contribution in [0, 0.1) is 0 Å². The van der Waals surface area contributed by atoms with Gasteiger partial charge in [-0.15, -0.1) is 0 Å². The summed E-state index contributed by atoms with van der Waals surface area (Å²) in [5.74, 6) is -4.85. The molecule has 114 valence electrons. The van der Waals surface area contributed by atoms with E-state index < -0.39 is 41.3 Å². The fourth-order valence-corrected chi connectivity index (χ4v) is 2.15. The van der Waals surface area contributed by atoms with Crippen LogP contribution in [0.3, 0.4) is 0 Å². The van der Waals surface area contributed by atoms with E-state index in [1.165, 1.54) is 14.2 Å². The van der Waals surface area contributed by atoms with Crippen LogP contribution >= 0.6 is 0 Å². The van der Waals surface area contributed by atoms with E-state index in [1.54, 1.807) is 13.8 Å². The highest BCUT2D eigenvalue weighted by Crippen LogP contribution is 2.39. The summed E-state index contributed by atoms with van der Waals surface area (Å²) in [5, 5.41) is 19.0. The number of cyclic esters (lactones) is 1. The molecule has 2 heterocycles. The maximum absolute atomic E-state index is 11.2. The average molecular weight is 290 g/mol. The molecular weight excluding hydrogens is 272 g/mol. The van der Waals surface area contributed by atoms with Gasteiger partial charge in [-0.1, -0.05) is 0 Å². The number of methoxy groups -OCH3 is 2. The van der Waals surface area contributed by atoms with Gasteiger partial charge in [-0.25, -0.2) is 4.79 Å². The Balaban J connectivity index is 2.21. The summed E-state index contributed by atoms with van der Waals surface area (Å²) >= 11 is 0. The first kappa shape index (κ1) is 15.0. The number of hydrogen-bond donors (Lipinski definition) is 2. The molecule has 1 unspecified atom stereocenters. The van der Waals surface area contributed by atoms with Crippen LogP contribution in [0.2, 0.25) is 0 Å². The van der Waals surface area contributed by atoms with Crippen molar-refractivity contribution in [1.82, 2.24) is 0 Å². The molecule has 20 heavy (non-hydrogen) atoms. The molecule has 0 bridgehead atoms. The van der Waals surface area contributed by atoms with Gasteiger partial charge in [0.2, 0.25) is 17.3 Å². The molecule has 0 spiro atoms. The van der Waals surface area contributed by atoms with Crippen LogP contribution in [0.1, 0.15) is 13.8 Å². The second-order valence-electron chi connectivity index (χ2n) is 4.83. The maximum Gasteiger partial charge on any atom is 0.377 e. The largest absolute Gasteiger partial charge is 0.505 e. The minimum Gasteiger partial charge on any atom is -0.505 e. The molecule has 8 nitrogen and oxygen atoms in total. The molecule has 0 aliphatic carbocycles. The lowest BCUT2D eigenvalue weighted by atomic mass is 10.0. The van der Waals surface area contributed by atoms with Crippen molar-refractivity contribution in [2.75, 3.05) is 20.8 Å². The monoisotopic (exact) mass is 290 g/mol. The van der Waals surface area contributed by atoms with Gasteiger partial charge in [0.1, 0.15) is 6.10 Å². The Morgan fingerprint density at radius 3 is 2.25 bits per heavy atom. The number of ether oxygens (including phenoxy) is 5. The molecule has 0 saturated carbocycles. The fourth-order valence-electron chi connectivity index (χ4n) is 2.15. The molecule has 2 aliphatic heterocycles. The smallest absolute Gasteiger partial charge is 0.377 e. The standard InChI is InChI=1S/C12H18O8/c1-11(16-3)12(2,17-4)20-6(5-18-11)9-7(13)8(14)10(15)19-9/h6,9,13-14H,5H2,1-4H3/t6-,9?,11-,12-/m0/s1. The van der Waals surface area contributed by atoms with Crippen LogP contribution in [-0.2, 0) is 28.5 Å². The van der Waals surface area contributed by atoms with Crippen molar-refractivity contribution >= 4 is 5.97 Å². The van der Waals surface area contributed by atoms with Gasteiger partial charge in [-0.2, -0.15) is 0 Å². The number of aliphatic hydroxyl groups is 2. The molecular formula is C12H18O8. The third-order valence-electron chi connectivity index (χ3n) is 3.78. The Kier molecular flexibility index (Phi) is 3.67. The first-order valence-corrected chi connectivity index (χ1v) is 6.03. The van der Waals surface area contributed by atoms with Crippen molar-refractivity contribution in [2.24, 2.45) is 0 Å². The molecule has 0 aromatic carbocycles. The maximum atomic E-state index is 11.2. The minimum absolute atomic E-state index is 0.0153. The molecule has 1 fully saturated rings. The SMILES string of the molecule is CO[C@@]1(C)OC[C@@H](C2OC(=O)C(O)=C2O)O[C@]1(C)OC. The number of hydrogen-bond acceptors (Lipinski definition) is 8. The summed E-state index contributed by atoms with van der Waals surface area (Å²) in [7, 11) is 2.86. The zero-order valence-corrected chi connectivity index (χ0v) is 11.7. The van der Waals surface area contributed by atoms with Crippen LogP contribution in [0.5, 0.6) is 0 Å². The lowest BCUT2D eigenvalue weighted by molar-refractivity contribution is -0.435. The third-order valence-corrected chi connectivity index (χ3v) is 3.78. The lowest BCUT2D eigenvalue weighted by Gasteiger charge is -2.49. The summed E-state index contributed by atoms with van der Waals surface area (Å²) in [6.45, 7) is 3.22. The van der Waals surface area contributed by atoms with Crippen molar-refractivity contribution in [3.8, 4) is 0 Å². The zero-order chi connectivity index (χ0) is 15.1. The van der Waals surface area contributed by atoms with Crippen molar-refractivity contribution in [3.63, 3.8) is 0 Å². The van der Waals surface area contributed by atoms with E-state index in [2.05, 4.69) is 0 Å². The second kappa shape index (κ2) is 4.88. The number of carbonyl (C=O) groups excluding carboxylic acids is 1. The highest BCUT2D eigenvalue weighted by molar-refractivity contribution is 5.89. The normalized spacial score (nSPS) is 41.9. The Morgan fingerprint density at radius 1 is 1.20 bits per heavy atom. The van der Waals surface area contributed by atoms with Crippen molar-refractivity contribution in [1.29, 1.82) is 0 Å². The molecule has 0 amide bonds. The van der Waals surface area contributed by atoms with Gasteiger partial charge in [-0.05, 0) is 13.8 Å². The summed E-state index contributed by atoms with van der Waals surface area (Å²) in [5.41, 5.74) is 0. The van der Waals surface area contributed by atoms with Crippen LogP contribution in [0.25, 0.3) is 0 Å². The topological polar surface area (TPSA) is 104 Å². The van der Waals surface area contributed by atoms with Gasteiger partial charge in [0.15, 0.2) is 11.9 Å². The molecule has 1 saturated heterocycles. The summed E-state index contributed by atoms with van der Waals surface area (Å²) in [6.07, 6.45) is -1.98. The van der Waals surface area contributed by atoms with Gasteiger partial charge < -0.3 is 33.9 Å². The van der Waals surface area contributed by atoms with E-state index in [4.69, 9.17) is 23.7 Å². The third kappa shape index (κ3) is 2.05. The van der Waals surface area contributed by atoms with Crippen LogP contribution < -0.4 is 0 Å². The van der Waals surface area contributed by atoms with Gasteiger partial charge in [0.05, 0.1) is 6.61 Å². The van der Waals surface area contributed by atoms with Gasteiger partial charge in [-0.3, -0.25) is 0 Å². The lowest BCUT2D eigenvalue weighted by Crippen LogP contribution is -2.64. The van der Waals surface area contributed by atoms with E-state index in [0.717, 1.165) is 0 Å². The van der Waals surface area contributed by atoms with Crippen LogP contribution in [0.15, 0.2) is 11.5 Å². The first-order valence-electron chi connectivity index (χ1n) is 6.03. The van der Waals surface area contributed by atoms with Gasteiger partial charge in [0.25, 0.3) is 0 Å². The van der Waals surface area contributed by atoms with Crippen LogP contribution in [-0.4, -0.2) is 60.8 Å². The molecule has 2 aliphatic rings. The molecule has 0 aromatic heterocycles. The minimum atomic E-state index is -1.28. The van der Waals surface area contributed by atoms with Crippen molar-refractivity contribution < 1.29 is 38.7 Å². The number of aliphatic hydroxyl groups excluding tert-OH is 2. The van der Waals surface area contributed by atoms with E-state index in [-0.39, 0.29) is 6.61 Å². The van der Waals surface area contributed by atoms with Crippen molar-refractivity contribution in [3.05, 3.63) is 11.5 Å². The number of rotatable bonds is 3. The molecule has 4 atom stereocenters. The van der Waals surface area contributed by atoms with E-state index >= 15 is 0 Å². The summed E-state index contributed by atoms with van der Waals surface area (Å²) < 4.78 is 26.7. The zero-order valence-electron chi connectivity index (χ0n) is 11.7. The quantitative estimate of drug-likeness (QED) is 0.719. The van der Waals surface area contributed by atoms with E-state index in [1.807, 2.05) is 0 Å². The summed E-state index contributed by atoms with van der Waals surface area (Å²) in [6, 6.07) is 0. The highest BCUT2D eigenvalue weighted by Gasteiger charge is 2.56. The first-order chi connectivity index (χ1) is 9.28. The number of esters is 1. The molecule has 2 rings (SSSR count). The fraction of sp³-hybridized carbons (Fsp3) is 0.750. The Hall–Kier alpha value is -1.35. The Bertz CT molecular complexity index is 447. The molecule has 0 aromatic rings. The molecule has 2 N–H and O–H groups in total. The Morgan fingerprint density at radius 2 is 1.80 bits per heavy atom. The highest BCUT2D eigenvalue weighted by atomic mass is 16.8. The predicted molar refractivity (Wildman–Crippen MR) is 63.8 cm³/mol. The van der Waals surface area contributed by atoms with Crippen LogP contribution in [0.4, 0.5) is 0 Å². The average Bonchev–Trinajstić information content (AvgIpc) is 2.69. The predicted octanol–water partition coefficient (Wildman–Crippen LogP) is 0.380. The molecule has 0 radical (unpaired) electrons. The number of carbonyl (C=O) groups is 1. The Labute approximate surface area is 115 Å². The van der Waals surface area contributed by atoms with E-state index in [9.17, 15) is 15.0 Å². The van der Waals surface area contributed by atoms with Gasteiger partial charge >= 0.3 is 5.97 Å². The van der Waals surface area contributed by atoms with E-state index in [0.29, 0.717) is 0 Å². The van der Waals surface area contributed by atoms with Gasteiger partial charge in [0, 0.05) is 14.2 Å². The summed E-state index contributed by atoms with van der Waals surface area (Å²) in [4.78, 5) is 11.2. The second-order valence-corrected chi connectivity index (χ2v) is 4.83. The molecule has 8 heteroatoms.